The van der Waals surface area contributed by atoms with Gasteiger partial charge in [0.2, 0.25) is 5.91 Å². The lowest BCUT2D eigenvalue weighted by atomic mass is 10.3. The molecule has 2 N–H and O–H groups in total. The topological polar surface area (TPSA) is 67.2 Å². The van der Waals surface area contributed by atoms with Gasteiger partial charge in [-0.2, -0.15) is 0 Å². The molecule has 6 heteroatoms. The molecule has 2 rings (SSSR count). The number of nitrogens with one attached hydrogen (secondary N) is 2. The van der Waals surface area contributed by atoms with E-state index in [0.717, 1.165) is 0 Å². The number of aromatic nitrogens is 1. The number of benzene rings is 1. The summed E-state index contributed by atoms with van der Waals surface area (Å²) >= 11 is 5.81. The molecular weight excluding hydrogens is 254 g/mol. The number of carbonyl (C=O) groups is 1. The third kappa shape index (κ3) is 3.49. The maximum Gasteiger partial charge on any atom is 0.243 e. The van der Waals surface area contributed by atoms with E-state index in [-0.39, 0.29) is 12.5 Å². The number of anilines is 2. The lowest BCUT2D eigenvalue weighted by Gasteiger charge is -2.05. The van der Waals surface area contributed by atoms with Gasteiger partial charge in [-0.25, -0.2) is 0 Å². The Bertz CT molecular complexity index is 554. The Morgan fingerprint density at radius 2 is 2.28 bits per heavy atom. The summed E-state index contributed by atoms with van der Waals surface area (Å²) in [6, 6.07) is 8.68. The molecule has 18 heavy (non-hydrogen) atoms. The van der Waals surface area contributed by atoms with Crippen molar-refractivity contribution >= 4 is 29.0 Å². The zero-order valence-electron chi connectivity index (χ0n) is 9.74. The molecule has 0 aliphatic carbocycles. The Hall–Kier alpha value is -2.01. The van der Waals surface area contributed by atoms with Gasteiger partial charge in [0, 0.05) is 16.8 Å². The first kappa shape index (κ1) is 12.4. The zero-order chi connectivity index (χ0) is 13.0. The molecule has 0 saturated carbocycles. The van der Waals surface area contributed by atoms with Crippen LogP contribution in [0.5, 0.6) is 0 Å². The van der Waals surface area contributed by atoms with Crippen molar-refractivity contribution in [2.75, 3.05) is 17.2 Å². The summed E-state index contributed by atoms with van der Waals surface area (Å²) in [6.45, 7) is 1.89. The number of rotatable bonds is 4. The number of carbonyl (C=O) groups excluding carboxylic acids is 1. The van der Waals surface area contributed by atoms with Crippen molar-refractivity contribution in [1.29, 1.82) is 0 Å². The third-order valence-corrected chi connectivity index (χ3v) is 2.40. The van der Waals surface area contributed by atoms with E-state index in [9.17, 15) is 4.79 Å². The highest BCUT2D eigenvalue weighted by Gasteiger charge is 2.04. The lowest BCUT2D eigenvalue weighted by molar-refractivity contribution is -0.114. The van der Waals surface area contributed by atoms with Crippen LogP contribution in [-0.2, 0) is 4.79 Å². The molecule has 1 aromatic carbocycles. The van der Waals surface area contributed by atoms with Gasteiger partial charge in [0.25, 0.3) is 0 Å². The fraction of sp³-hybridized carbons (Fsp3) is 0.167. The van der Waals surface area contributed by atoms with Crippen molar-refractivity contribution in [1.82, 2.24) is 5.16 Å². The van der Waals surface area contributed by atoms with E-state index in [4.69, 9.17) is 16.1 Å². The van der Waals surface area contributed by atoms with Gasteiger partial charge in [-0.3, -0.25) is 4.79 Å². The summed E-state index contributed by atoms with van der Waals surface area (Å²) in [4.78, 5) is 11.6. The summed E-state index contributed by atoms with van der Waals surface area (Å²) < 4.78 is 4.87. The molecule has 0 radical (unpaired) electrons. The highest BCUT2D eigenvalue weighted by molar-refractivity contribution is 6.30. The Labute approximate surface area is 109 Å². The van der Waals surface area contributed by atoms with Crippen LogP contribution in [0.25, 0.3) is 0 Å². The van der Waals surface area contributed by atoms with E-state index in [2.05, 4.69) is 15.8 Å². The van der Waals surface area contributed by atoms with E-state index >= 15 is 0 Å². The number of nitrogens with zero attached hydrogens (tertiary/aromatic N) is 1. The summed E-state index contributed by atoms with van der Waals surface area (Å²) in [5, 5.41) is 9.86. The second-order valence-electron chi connectivity index (χ2n) is 3.73. The predicted molar refractivity (Wildman–Crippen MR) is 69.8 cm³/mol. The van der Waals surface area contributed by atoms with Gasteiger partial charge in [0.05, 0.1) is 6.54 Å². The van der Waals surface area contributed by atoms with Crippen molar-refractivity contribution in [3.63, 3.8) is 0 Å². The van der Waals surface area contributed by atoms with Crippen LogP contribution in [-0.4, -0.2) is 17.6 Å². The Balaban J connectivity index is 1.85. The molecule has 5 nitrogen and oxygen atoms in total. The van der Waals surface area contributed by atoms with Gasteiger partial charge in [0.15, 0.2) is 5.82 Å². The van der Waals surface area contributed by atoms with Crippen LogP contribution in [0.1, 0.15) is 5.76 Å². The minimum absolute atomic E-state index is 0.110. The predicted octanol–water partition coefficient (Wildman–Crippen LogP) is 2.69. The lowest BCUT2D eigenvalue weighted by Crippen LogP contribution is -2.21. The molecule has 0 unspecified atom stereocenters. The molecule has 0 bridgehead atoms. The molecule has 1 amide bonds. The SMILES string of the molecule is Cc1cc(NCC(=O)Nc2cccc(Cl)c2)no1. The number of amides is 1. The second kappa shape index (κ2) is 5.55. The molecule has 0 aliphatic heterocycles. The van der Waals surface area contributed by atoms with Crippen molar-refractivity contribution < 1.29 is 9.32 Å². The van der Waals surface area contributed by atoms with Crippen molar-refractivity contribution in [2.45, 2.75) is 6.92 Å². The van der Waals surface area contributed by atoms with Crippen molar-refractivity contribution in [2.24, 2.45) is 0 Å². The highest BCUT2D eigenvalue weighted by atomic mass is 35.5. The highest BCUT2D eigenvalue weighted by Crippen LogP contribution is 2.14. The van der Waals surface area contributed by atoms with Crippen molar-refractivity contribution in [3.8, 4) is 0 Å². The molecule has 0 aliphatic rings. The van der Waals surface area contributed by atoms with Gasteiger partial charge in [0.1, 0.15) is 5.76 Å². The molecule has 0 spiro atoms. The van der Waals surface area contributed by atoms with Gasteiger partial charge in [-0.05, 0) is 25.1 Å². The fourth-order valence-corrected chi connectivity index (χ4v) is 1.58. The first-order chi connectivity index (χ1) is 8.63. The first-order valence-electron chi connectivity index (χ1n) is 5.36. The Kier molecular flexibility index (Phi) is 3.84. The van der Waals surface area contributed by atoms with Gasteiger partial charge >= 0.3 is 0 Å². The molecule has 0 fully saturated rings. The van der Waals surface area contributed by atoms with Crippen LogP contribution in [0.2, 0.25) is 5.02 Å². The normalized spacial score (nSPS) is 10.1. The number of hydrogen-bond acceptors (Lipinski definition) is 4. The summed E-state index contributed by atoms with van der Waals surface area (Å²) in [5.74, 6) is 1.04. The van der Waals surface area contributed by atoms with Crippen molar-refractivity contribution in [3.05, 3.63) is 41.1 Å². The minimum atomic E-state index is -0.182. The molecule has 1 aromatic heterocycles. The molecular formula is C12H12ClN3O2. The standard InChI is InChI=1S/C12H12ClN3O2/c1-8-5-11(16-18-8)14-7-12(17)15-10-4-2-3-9(13)6-10/h2-6H,7H2,1H3,(H,14,16)(H,15,17). The average Bonchev–Trinajstić information content (AvgIpc) is 2.73. The van der Waals surface area contributed by atoms with Crippen LogP contribution in [0, 0.1) is 6.92 Å². The molecule has 2 aromatic rings. The summed E-state index contributed by atoms with van der Waals surface area (Å²) in [7, 11) is 0. The van der Waals surface area contributed by atoms with E-state index in [1.165, 1.54) is 0 Å². The minimum Gasteiger partial charge on any atom is -0.360 e. The number of hydrogen-bond donors (Lipinski definition) is 2. The summed E-state index contributed by atoms with van der Waals surface area (Å²) in [6.07, 6.45) is 0. The van der Waals surface area contributed by atoms with E-state index in [0.29, 0.717) is 22.3 Å². The van der Waals surface area contributed by atoms with Crippen LogP contribution in [0.3, 0.4) is 0 Å². The van der Waals surface area contributed by atoms with Crippen LogP contribution < -0.4 is 10.6 Å². The molecule has 0 saturated heterocycles. The Morgan fingerprint density at radius 1 is 1.44 bits per heavy atom. The average molecular weight is 266 g/mol. The monoisotopic (exact) mass is 265 g/mol. The van der Waals surface area contributed by atoms with E-state index < -0.39 is 0 Å². The summed E-state index contributed by atoms with van der Waals surface area (Å²) in [5.41, 5.74) is 0.658. The number of halogens is 1. The maximum absolute atomic E-state index is 11.6. The van der Waals surface area contributed by atoms with E-state index in [1.807, 2.05) is 0 Å². The second-order valence-corrected chi connectivity index (χ2v) is 4.17. The van der Waals surface area contributed by atoms with Crippen LogP contribution in [0.4, 0.5) is 11.5 Å². The quantitative estimate of drug-likeness (QED) is 0.892. The zero-order valence-corrected chi connectivity index (χ0v) is 10.5. The fourth-order valence-electron chi connectivity index (χ4n) is 1.39. The van der Waals surface area contributed by atoms with Gasteiger partial charge < -0.3 is 15.2 Å². The third-order valence-electron chi connectivity index (χ3n) is 2.17. The first-order valence-corrected chi connectivity index (χ1v) is 5.74. The molecule has 0 atom stereocenters. The van der Waals surface area contributed by atoms with E-state index in [1.54, 1.807) is 37.3 Å². The van der Waals surface area contributed by atoms with Crippen LogP contribution in [0.15, 0.2) is 34.9 Å². The van der Waals surface area contributed by atoms with Crippen LogP contribution >= 0.6 is 11.6 Å². The Morgan fingerprint density at radius 3 is 2.94 bits per heavy atom. The number of aryl methyl sites for hydroxylation is 1. The van der Waals surface area contributed by atoms with Gasteiger partial charge in [-0.1, -0.05) is 22.8 Å². The maximum atomic E-state index is 11.6. The smallest absolute Gasteiger partial charge is 0.243 e. The molecule has 1 heterocycles. The van der Waals surface area contributed by atoms with Gasteiger partial charge in [-0.15, -0.1) is 0 Å². The molecule has 94 valence electrons. The largest absolute Gasteiger partial charge is 0.360 e.